The Kier molecular flexibility index (Phi) is 2.58. The molecule has 1 aromatic carbocycles. The van der Waals surface area contributed by atoms with Crippen molar-refractivity contribution in [1.82, 2.24) is 9.42 Å². The maximum atomic E-state index is 12.3. The number of nitrogens with zero attached hydrogens (tertiary/aromatic N) is 2. The first kappa shape index (κ1) is 13.5. The third kappa shape index (κ3) is 1.53. The summed E-state index contributed by atoms with van der Waals surface area (Å²) in [5, 5.41) is 0.391. The Labute approximate surface area is 120 Å². The zero-order valence-electron chi connectivity index (χ0n) is 11.2. The maximum Gasteiger partial charge on any atom is 0.284 e. The largest absolute Gasteiger partial charge is 0.284 e. The van der Waals surface area contributed by atoms with Gasteiger partial charge in [-0.25, -0.2) is 0 Å². The van der Waals surface area contributed by atoms with Crippen LogP contribution in [0.4, 0.5) is 0 Å². The summed E-state index contributed by atoms with van der Waals surface area (Å²) in [6, 6.07) is 5.94. The molecule has 8 heteroatoms. The van der Waals surface area contributed by atoms with Crippen LogP contribution in [0.2, 0.25) is 0 Å². The molecule has 0 spiro atoms. The second kappa shape index (κ2) is 4.01. The molecule has 2 aliphatic heterocycles. The standard InChI is InChI=1S/C13H10N2O5S/c1-7-8(2)21(19,20)15(11(7)16)14-12(17)9-5-3-4-6-10(9)13(14)18/h3-6H,1-2H3. The molecule has 0 bridgehead atoms. The fourth-order valence-corrected chi connectivity index (χ4v) is 3.72. The van der Waals surface area contributed by atoms with Gasteiger partial charge in [0, 0.05) is 5.57 Å². The number of hydrogen-bond donors (Lipinski definition) is 0. The highest BCUT2D eigenvalue weighted by molar-refractivity contribution is 7.94. The number of imide groups is 1. The van der Waals surface area contributed by atoms with Gasteiger partial charge in [-0.1, -0.05) is 12.1 Å². The Morgan fingerprint density at radius 1 is 0.857 bits per heavy atom. The number of rotatable bonds is 1. The first-order valence-corrected chi connectivity index (χ1v) is 7.47. The van der Waals surface area contributed by atoms with Gasteiger partial charge in [-0.15, -0.1) is 4.41 Å². The number of amides is 3. The van der Waals surface area contributed by atoms with Crippen LogP contribution >= 0.6 is 0 Å². The topological polar surface area (TPSA) is 91.8 Å². The van der Waals surface area contributed by atoms with Crippen molar-refractivity contribution >= 4 is 27.7 Å². The van der Waals surface area contributed by atoms with Crippen molar-refractivity contribution in [3.63, 3.8) is 0 Å². The van der Waals surface area contributed by atoms with Crippen LogP contribution in [-0.2, 0) is 14.8 Å². The van der Waals surface area contributed by atoms with Crippen LogP contribution in [-0.4, -0.2) is 35.6 Å². The summed E-state index contributed by atoms with van der Waals surface area (Å²) < 4.78 is 24.7. The lowest BCUT2D eigenvalue weighted by atomic mass is 10.1. The molecule has 0 unspecified atom stereocenters. The van der Waals surface area contributed by atoms with Gasteiger partial charge in [-0.3, -0.25) is 14.4 Å². The van der Waals surface area contributed by atoms with Gasteiger partial charge >= 0.3 is 0 Å². The van der Waals surface area contributed by atoms with Crippen molar-refractivity contribution in [2.45, 2.75) is 13.8 Å². The third-order valence-electron chi connectivity index (χ3n) is 3.59. The minimum Gasteiger partial charge on any atom is -0.267 e. The number of hydrogen-bond acceptors (Lipinski definition) is 5. The summed E-state index contributed by atoms with van der Waals surface area (Å²) >= 11 is 0. The molecule has 108 valence electrons. The molecule has 0 fully saturated rings. The number of sulfonamides is 1. The summed E-state index contributed by atoms with van der Waals surface area (Å²) in [6.45, 7) is 2.61. The van der Waals surface area contributed by atoms with E-state index in [4.69, 9.17) is 0 Å². The summed E-state index contributed by atoms with van der Waals surface area (Å²) in [4.78, 5) is 36.5. The quantitative estimate of drug-likeness (QED) is 0.711. The van der Waals surface area contributed by atoms with Crippen LogP contribution in [0, 0.1) is 0 Å². The number of carbonyl (C=O) groups is 3. The van der Waals surface area contributed by atoms with Gasteiger partial charge in [0.1, 0.15) is 0 Å². The molecule has 1 aromatic rings. The van der Waals surface area contributed by atoms with E-state index >= 15 is 0 Å². The van der Waals surface area contributed by atoms with E-state index in [-0.39, 0.29) is 26.0 Å². The number of hydrazine groups is 1. The molecule has 2 heterocycles. The van der Waals surface area contributed by atoms with E-state index in [1.54, 1.807) is 12.1 Å². The fourth-order valence-electron chi connectivity index (χ4n) is 2.27. The minimum absolute atomic E-state index is 0.00782. The Morgan fingerprint density at radius 2 is 1.33 bits per heavy atom. The molecule has 0 aliphatic carbocycles. The number of benzene rings is 1. The van der Waals surface area contributed by atoms with Crippen LogP contribution in [0.15, 0.2) is 34.7 Å². The average Bonchev–Trinajstić information content (AvgIpc) is 2.78. The fraction of sp³-hybridized carbons (Fsp3) is 0.154. The van der Waals surface area contributed by atoms with E-state index in [1.165, 1.54) is 26.0 Å². The first-order valence-electron chi connectivity index (χ1n) is 6.03. The highest BCUT2D eigenvalue weighted by Gasteiger charge is 2.51. The SMILES string of the molecule is CC1=C(C)S(=O)(=O)N(N2C(=O)c3ccccc3C2=O)C1=O. The summed E-state index contributed by atoms with van der Waals surface area (Å²) in [5.41, 5.74) is 0.145. The second-order valence-corrected chi connectivity index (χ2v) is 6.61. The monoisotopic (exact) mass is 306 g/mol. The van der Waals surface area contributed by atoms with Gasteiger partial charge in [-0.05, 0) is 26.0 Å². The average molecular weight is 306 g/mol. The van der Waals surface area contributed by atoms with E-state index in [9.17, 15) is 22.8 Å². The van der Waals surface area contributed by atoms with Gasteiger partial charge in [0.25, 0.3) is 27.7 Å². The Morgan fingerprint density at radius 3 is 1.71 bits per heavy atom. The molecule has 3 rings (SSSR count). The summed E-state index contributed by atoms with van der Waals surface area (Å²) in [6.07, 6.45) is 0. The van der Waals surface area contributed by atoms with Gasteiger partial charge in [0.2, 0.25) is 0 Å². The highest BCUT2D eigenvalue weighted by Crippen LogP contribution is 2.33. The lowest BCUT2D eigenvalue weighted by Crippen LogP contribution is -2.50. The zero-order valence-corrected chi connectivity index (χ0v) is 12.0. The van der Waals surface area contributed by atoms with Crippen molar-refractivity contribution in [3.05, 3.63) is 45.9 Å². The lowest BCUT2D eigenvalue weighted by molar-refractivity contribution is -0.128. The molecule has 0 N–H and O–H groups in total. The van der Waals surface area contributed by atoms with Crippen molar-refractivity contribution in [2.24, 2.45) is 0 Å². The van der Waals surface area contributed by atoms with Crippen LogP contribution in [0.25, 0.3) is 0 Å². The van der Waals surface area contributed by atoms with Gasteiger partial charge < -0.3 is 0 Å². The van der Waals surface area contributed by atoms with Gasteiger partial charge in [-0.2, -0.15) is 13.4 Å². The van der Waals surface area contributed by atoms with E-state index in [0.29, 0.717) is 5.01 Å². The van der Waals surface area contributed by atoms with E-state index < -0.39 is 27.7 Å². The summed E-state index contributed by atoms with van der Waals surface area (Å²) in [5.74, 6) is -2.54. The number of carbonyl (C=O) groups excluding carboxylic acids is 3. The van der Waals surface area contributed by atoms with E-state index in [0.717, 1.165) is 0 Å². The molecular weight excluding hydrogens is 296 g/mol. The molecule has 0 saturated carbocycles. The highest BCUT2D eigenvalue weighted by atomic mass is 32.2. The Hall–Kier alpha value is -2.48. The van der Waals surface area contributed by atoms with Crippen LogP contribution in [0.1, 0.15) is 34.6 Å². The molecule has 2 aliphatic rings. The molecule has 21 heavy (non-hydrogen) atoms. The third-order valence-corrected chi connectivity index (χ3v) is 5.46. The van der Waals surface area contributed by atoms with Gasteiger partial charge in [0.05, 0.1) is 16.0 Å². The van der Waals surface area contributed by atoms with Crippen LogP contribution < -0.4 is 0 Å². The normalized spacial score (nSPS) is 20.6. The van der Waals surface area contributed by atoms with Crippen molar-refractivity contribution < 1.29 is 22.8 Å². The predicted octanol–water partition coefficient (Wildman–Crippen LogP) is 0.664. The smallest absolute Gasteiger partial charge is 0.267 e. The van der Waals surface area contributed by atoms with Gasteiger partial charge in [0.15, 0.2) is 0 Å². The maximum absolute atomic E-state index is 12.3. The molecule has 7 nitrogen and oxygen atoms in total. The van der Waals surface area contributed by atoms with E-state index in [1.807, 2.05) is 0 Å². The number of allylic oxidation sites excluding steroid dienone is 1. The molecule has 0 radical (unpaired) electrons. The zero-order chi connectivity index (χ0) is 15.5. The molecular formula is C13H10N2O5S. The lowest BCUT2D eigenvalue weighted by Gasteiger charge is -2.24. The van der Waals surface area contributed by atoms with Crippen LogP contribution in [0.5, 0.6) is 0 Å². The van der Waals surface area contributed by atoms with Crippen molar-refractivity contribution in [2.75, 3.05) is 0 Å². The predicted molar refractivity (Wildman–Crippen MR) is 71.1 cm³/mol. The molecule has 0 saturated heterocycles. The first-order chi connectivity index (χ1) is 9.78. The van der Waals surface area contributed by atoms with Crippen molar-refractivity contribution in [3.8, 4) is 0 Å². The van der Waals surface area contributed by atoms with Crippen molar-refractivity contribution in [1.29, 1.82) is 0 Å². The van der Waals surface area contributed by atoms with E-state index in [2.05, 4.69) is 0 Å². The van der Waals surface area contributed by atoms with Crippen LogP contribution in [0.3, 0.4) is 0 Å². The summed E-state index contributed by atoms with van der Waals surface area (Å²) in [7, 11) is -4.18. The number of fused-ring (bicyclic) bond motifs is 1. The Balaban J connectivity index is 2.15. The Bertz CT molecular complexity index is 818. The molecule has 0 aromatic heterocycles. The molecule has 3 amide bonds. The minimum atomic E-state index is -4.18. The molecule has 0 atom stereocenters. The second-order valence-electron chi connectivity index (χ2n) is 4.70.